The van der Waals surface area contributed by atoms with Gasteiger partial charge in [0, 0.05) is 24.2 Å². The number of esters is 1. The maximum absolute atomic E-state index is 15.5. The first-order valence-electron chi connectivity index (χ1n) is 13.8. The third kappa shape index (κ3) is 5.85. The van der Waals surface area contributed by atoms with Gasteiger partial charge in [-0.15, -0.1) is 0 Å². The van der Waals surface area contributed by atoms with Crippen molar-refractivity contribution in [3.8, 4) is 23.2 Å². The summed E-state index contributed by atoms with van der Waals surface area (Å²) in [5.74, 6) is -2.22. The number of hydrogen-bond acceptors (Lipinski definition) is 7. The van der Waals surface area contributed by atoms with E-state index in [4.69, 9.17) is 24.5 Å². The maximum Gasteiger partial charge on any atom is 0.337 e. The van der Waals surface area contributed by atoms with Gasteiger partial charge in [0.1, 0.15) is 24.1 Å². The highest BCUT2D eigenvalue weighted by atomic mass is 19.1. The second-order valence-corrected chi connectivity index (χ2v) is 10.3. The van der Waals surface area contributed by atoms with Gasteiger partial charge in [0.2, 0.25) is 0 Å². The molecule has 0 amide bonds. The van der Waals surface area contributed by atoms with Crippen LogP contribution in [0.3, 0.4) is 0 Å². The lowest BCUT2D eigenvalue weighted by atomic mass is 10.0. The van der Waals surface area contributed by atoms with E-state index < -0.39 is 29.3 Å². The van der Waals surface area contributed by atoms with Crippen LogP contribution in [0.1, 0.15) is 39.3 Å². The molecule has 2 aromatic heterocycles. The highest BCUT2D eigenvalue weighted by Crippen LogP contribution is 2.28. The lowest BCUT2D eigenvalue weighted by molar-refractivity contribution is -0.0589. The number of ether oxygens (including phenoxy) is 3. The average molecular weight is 599 g/mol. The molecule has 0 aliphatic carbocycles. The highest BCUT2D eigenvalue weighted by Gasteiger charge is 2.23. The van der Waals surface area contributed by atoms with Gasteiger partial charge in [-0.1, -0.05) is 12.1 Å². The topological polar surface area (TPSA) is 99.3 Å². The van der Waals surface area contributed by atoms with Gasteiger partial charge in [0.15, 0.2) is 5.82 Å². The van der Waals surface area contributed by atoms with Gasteiger partial charge in [-0.2, -0.15) is 5.26 Å². The Morgan fingerprint density at radius 2 is 1.86 bits per heavy atom. The number of rotatable bonds is 9. The van der Waals surface area contributed by atoms with E-state index in [9.17, 15) is 13.6 Å². The van der Waals surface area contributed by atoms with Crippen LogP contribution in [0, 0.1) is 28.8 Å². The fourth-order valence-corrected chi connectivity index (χ4v) is 5.00. The SMILES string of the molecule is COC(=O)c1ccc2nc(Cc3ccc(-c4ccc(F)c(OCc5ccc(C#N)cc5F)n4)c(F)c3)n(C[C@@H]3CCO3)c2c1. The van der Waals surface area contributed by atoms with Crippen LogP contribution in [0.4, 0.5) is 13.2 Å². The Balaban J connectivity index is 1.25. The van der Waals surface area contributed by atoms with Crippen molar-refractivity contribution in [3.05, 3.63) is 112 Å². The van der Waals surface area contributed by atoms with Crippen molar-refractivity contribution >= 4 is 17.0 Å². The minimum absolute atomic E-state index is 0.0152. The van der Waals surface area contributed by atoms with Crippen molar-refractivity contribution in [2.75, 3.05) is 13.7 Å². The average Bonchev–Trinajstić information content (AvgIpc) is 3.34. The number of fused-ring (bicyclic) bond motifs is 1. The van der Waals surface area contributed by atoms with Gasteiger partial charge in [-0.05, 0) is 66.6 Å². The molecule has 11 heteroatoms. The van der Waals surface area contributed by atoms with E-state index in [0.29, 0.717) is 42.0 Å². The summed E-state index contributed by atoms with van der Waals surface area (Å²) in [6.07, 6.45) is 1.22. The number of hydrogen-bond donors (Lipinski definition) is 0. The summed E-state index contributed by atoms with van der Waals surface area (Å²) in [6, 6.07) is 17.9. The fraction of sp³-hybridized carbons (Fsp3) is 0.212. The van der Waals surface area contributed by atoms with Gasteiger partial charge in [0.05, 0.1) is 53.7 Å². The number of imidazole rings is 1. The summed E-state index contributed by atoms with van der Waals surface area (Å²) in [4.78, 5) is 21.0. The van der Waals surface area contributed by atoms with E-state index in [0.717, 1.165) is 24.1 Å². The van der Waals surface area contributed by atoms with Crippen LogP contribution in [-0.4, -0.2) is 40.3 Å². The monoisotopic (exact) mass is 598 g/mol. The molecule has 0 N–H and O–H groups in total. The summed E-state index contributed by atoms with van der Waals surface area (Å²) in [5.41, 5.74) is 3.00. The van der Waals surface area contributed by atoms with Crippen molar-refractivity contribution in [2.45, 2.75) is 32.1 Å². The number of pyridine rings is 1. The van der Waals surface area contributed by atoms with Crippen LogP contribution in [0.25, 0.3) is 22.3 Å². The van der Waals surface area contributed by atoms with Crippen LogP contribution < -0.4 is 4.74 Å². The van der Waals surface area contributed by atoms with Crippen LogP contribution in [-0.2, 0) is 29.0 Å². The summed E-state index contributed by atoms with van der Waals surface area (Å²) in [7, 11) is 1.32. The van der Waals surface area contributed by atoms with E-state index >= 15 is 4.39 Å². The summed E-state index contributed by atoms with van der Waals surface area (Å²) in [6.45, 7) is 0.884. The number of methoxy groups -OCH3 is 1. The zero-order valence-corrected chi connectivity index (χ0v) is 23.5. The predicted octanol–water partition coefficient (Wildman–Crippen LogP) is 6.13. The Kier molecular flexibility index (Phi) is 8.00. The zero-order valence-electron chi connectivity index (χ0n) is 23.5. The van der Waals surface area contributed by atoms with Crippen LogP contribution in [0.5, 0.6) is 5.88 Å². The first-order chi connectivity index (χ1) is 21.3. The molecular weight excluding hydrogens is 573 g/mol. The molecule has 1 aliphatic rings. The molecule has 1 fully saturated rings. The van der Waals surface area contributed by atoms with Crippen molar-refractivity contribution in [1.82, 2.24) is 14.5 Å². The van der Waals surface area contributed by atoms with Gasteiger partial charge < -0.3 is 18.8 Å². The summed E-state index contributed by atoms with van der Waals surface area (Å²) < 4.78 is 62.1. The normalized spacial score (nSPS) is 14.2. The molecule has 1 saturated heterocycles. The van der Waals surface area contributed by atoms with Gasteiger partial charge >= 0.3 is 5.97 Å². The minimum atomic E-state index is -0.787. The van der Waals surface area contributed by atoms with E-state index in [1.54, 1.807) is 30.3 Å². The minimum Gasteiger partial charge on any atom is -0.471 e. The molecule has 3 aromatic carbocycles. The summed E-state index contributed by atoms with van der Waals surface area (Å²) in [5, 5.41) is 8.91. The molecule has 1 aliphatic heterocycles. The zero-order chi connectivity index (χ0) is 30.8. The third-order valence-corrected chi connectivity index (χ3v) is 7.46. The lowest BCUT2D eigenvalue weighted by Crippen LogP contribution is -2.31. The molecule has 6 rings (SSSR count). The molecule has 1 atom stereocenters. The third-order valence-electron chi connectivity index (χ3n) is 7.46. The second-order valence-electron chi connectivity index (χ2n) is 10.3. The highest BCUT2D eigenvalue weighted by molar-refractivity contribution is 5.93. The van der Waals surface area contributed by atoms with Crippen molar-refractivity contribution in [1.29, 1.82) is 5.26 Å². The Morgan fingerprint density at radius 1 is 1.02 bits per heavy atom. The largest absolute Gasteiger partial charge is 0.471 e. The number of aromatic nitrogens is 3. The number of carbonyl (C=O) groups excluding carboxylic acids is 1. The Labute approximate surface area is 250 Å². The van der Waals surface area contributed by atoms with Crippen molar-refractivity contribution < 1.29 is 32.2 Å². The molecule has 222 valence electrons. The van der Waals surface area contributed by atoms with E-state index in [1.807, 2.05) is 10.6 Å². The fourth-order valence-electron chi connectivity index (χ4n) is 5.00. The number of nitrogens with zero attached hydrogens (tertiary/aromatic N) is 4. The standard InChI is InChI=1S/C33H25F3N4O4/c1-42-33(41)21-5-8-29-30(15-21)40(17-23-10-11-43-23)31(38-29)14-19-3-6-24(27(36)12-19)28-9-7-25(34)32(39-28)44-18-22-4-2-20(16-37)13-26(22)35/h2-9,12-13,15,23H,10-11,14,17-18H2,1H3/t23-/m0/s1. The van der Waals surface area contributed by atoms with E-state index in [1.165, 1.54) is 31.4 Å². The quantitative estimate of drug-likeness (QED) is 0.188. The predicted molar refractivity (Wildman–Crippen MR) is 153 cm³/mol. The molecule has 8 nitrogen and oxygen atoms in total. The molecule has 44 heavy (non-hydrogen) atoms. The Bertz CT molecular complexity index is 1930. The molecule has 3 heterocycles. The summed E-state index contributed by atoms with van der Waals surface area (Å²) >= 11 is 0. The van der Waals surface area contributed by atoms with Gasteiger partial charge in [-0.3, -0.25) is 0 Å². The van der Waals surface area contributed by atoms with Crippen molar-refractivity contribution in [3.63, 3.8) is 0 Å². The molecule has 0 radical (unpaired) electrons. The Hall–Kier alpha value is -5.21. The van der Waals surface area contributed by atoms with Crippen LogP contribution in [0.2, 0.25) is 0 Å². The molecule has 0 unspecified atom stereocenters. The van der Waals surface area contributed by atoms with Crippen LogP contribution >= 0.6 is 0 Å². The Morgan fingerprint density at radius 3 is 2.57 bits per heavy atom. The number of nitriles is 1. The lowest BCUT2D eigenvalue weighted by Gasteiger charge is -2.27. The van der Waals surface area contributed by atoms with Crippen LogP contribution in [0.15, 0.2) is 66.7 Å². The smallest absolute Gasteiger partial charge is 0.337 e. The van der Waals surface area contributed by atoms with Crippen molar-refractivity contribution in [2.24, 2.45) is 0 Å². The molecule has 0 spiro atoms. The van der Waals surface area contributed by atoms with E-state index in [-0.39, 0.29) is 35.1 Å². The maximum atomic E-state index is 15.5. The number of halogens is 3. The molecule has 0 bridgehead atoms. The first-order valence-corrected chi connectivity index (χ1v) is 13.8. The first kappa shape index (κ1) is 28.9. The van der Waals surface area contributed by atoms with Gasteiger partial charge in [0.25, 0.3) is 5.88 Å². The molecular formula is C33H25F3N4O4. The number of benzene rings is 3. The number of carbonyl (C=O) groups is 1. The molecule has 0 saturated carbocycles. The van der Waals surface area contributed by atoms with Gasteiger partial charge in [-0.25, -0.2) is 27.9 Å². The molecule has 5 aromatic rings. The van der Waals surface area contributed by atoms with E-state index in [2.05, 4.69) is 4.98 Å². The second kappa shape index (κ2) is 12.2.